The lowest BCUT2D eigenvalue weighted by molar-refractivity contribution is 0.0569. The van der Waals surface area contributed by atoms with Gasteiger partial charge in [-0.1, -0.05) is 0 Å². The van der Waals surface area contributed by atoms with E-state index in [0.29, 0.717) is 25.2 Å². The summed E-state index contributed by atoms with van der Waals surface area (Å²) in [5, 5.41) is 12.8. The van der Waals surface area contributed by atoms with Crippen molar-refractivity contribution in [2.75, 3.05) is 25.5 Å². The van der Waals surface area contributed by atoms with Crippen molar-refractivity contribution in [3.8, 4) is 0 Å². The van der Waals surface area contributed by atoms with Gasteiger partial charge in [0.2, 0.25) is 0 Å². The van der Waals surface area contributed by atoms with E-state index in [1.807, 2.05) is 0 Å². The molecular formula is C12H17N3O2. The van der Waals surface area contributed by atoms with Gasteiger partial charge in [-0.05, 0) is 25.5 Å². The molecule has 0 spiro atoms. The molecule has 0 radical (unpaired) electrons. The van der Waals surface area contributed by atoms with Crippen molar-refractivity contribution in [2.45, 2.75) is 18.9 Å². The maximum Gasteiger partial charge on any atom is 0.272 e. The Bertz CT molecular complexity index is 432. The zero-order chi connectivity index (χ0) is 12.5. The third-order valence-electron chi connectivity index (χ3n) is 3.01. The third kappa shape index (κ3) is 2.55. The number of aromatic nitrogens is 1. The molecule has 1 aromatic heterocycles. The van der Waals surface area contributed by atoms with Gasteiger partial charge < -0.3 is 15.3 Å². The molecule has 2 N–H and O–H groups in total. The van der Waals surface area contributed by atoms with Gasteiger partial charge >= 0.3 is 0 Å². The number of anilines is 1. The fraction of sp³-hybridized carbons (Fsp3) is 0.500. The minimum Gasteiger partial charge on any atom is -0.388 e. The predicted octanol–water partition coefficient (Wildman–Crippen LogP) is 0.720. The molecule has 0 aromatic carbocycles. The Morgan fingerprint density at radius 3 is 3.00 bits per heavy atom. The maximum atomic E-state index is 12.1. The minimum absolute atomic E-state index is 0.125. The van der Waals surface area contributed by atoms with Crippen molar-refractivity contribution in [2.24, 2.45) is 0 Å². The zero-order valence-corrected chi connectivity index (χ0v) is 10.1. The first-order valence-electron chi connectivity index (χ1n) is 5.67. The first-order chi connectivity index (χ1) is 8.02. The van der Waals surface area contributed by atoms with Gasteiger partial charge in [-0.3, -0.25) is 9.78 Å². The molecule has 1 unspecified atom stereocenters. The second-order valence-electron chi connectivity index (χ2n) is 4.65. The van der Waals surface area contributed by atoms with Crippen LogP contribution in [0.25, 0.3) is 0 Å². The van der Waals surface area contributed by atoms with Crippen LogP contribution in [0.2, 0.25) is 0 Å². The van der Waals surface area contributed by atoms with E-state index in [2.05, 4.69) is 10.3 Å². The standard InChI is InChI=1S/C12H17N3O2/c1-12(17)4-6-15(8-12)11(16)10-7-9(13-2)3-5-14-10/h3,5,7,17H,4,6,8H2,1-2H3,(H,13,14). The molecule has 1 aromatic rings. The van der Waals surface area contributed by atoms with Crippen LogP contribution in [-0.4, -0.2) is 46.6 Å². The zero-order valence-electron chi connectivity index (χ0n) is 10.1. The smallest absolute Gasteiger partial charge is 0.272 e. The number of nitrogens with one attached hydrogen (secondary N) is 1. The van der Waals surface area contributed by atoms with E-state index in [4.69, 9.17) is 0 Å². The number of hydrogen-bond acceptors (Lipinski definition) is 4. The molecule has 2 rings (SSSR count). The van der Waals surface area contributed by atoms with Gasteiger partial charge in [0.05, 0.1) is 5.60 Å². The highest BCUT2D eigenvalue weighted by atomic mass is 16.3. The second kappa shape index (κ2) is 4.33. The molecule has 17 heavy (non-hydrogen) atoms. The fourth-order valence-corrected chi connectivity index (χ4v) is 1.98. The van der Waals surface area contributed by atoms with Crippen LogP contribution in [0, 0.1) is 0 Å². The van der Waals surface area contributed by atoms with Crippen LogP contribution in [0.3, 0.4) is 0 Å². The van der Waals surface area contributed by atoms with Crippen LogP contribution in [0.15, 0.2) is 18.3 Å². The highest BCUT2D eigenvalue weighted by Gasteiger charge is 2.34. The number of likely N-dealkylation sites (tertiary alicyclic amines) is 1. The summed E-state index contributed by atoms with van der Waals surface area (Å²) < 4.78 is 0. The third-order valence-corrected chi connectivity index (χ3v) is 3.01. The van der Waals surface area contributed by atoms with Crippen molar-refractivity contribution in [1.82, 2.24) is 9.88 Å². The lowest BCUT2D eigenvalue weighted by Crippen LogP contribution is -2.34. The molecule has 1 aliphatic rings. The molecule has 0 aliphatic carbocycles. The summed E-state index contributed by atoms with van der Waals surface area (Å²) in [6.45, 7) is 2.70. The number of carbonyl (C=O) groups is 1. The second-order valence-corrected chi connectivity index (χ2v) is 4.65. The molecule has 0 bridgehead atoms. The Morgan fingerprint density at radius 1 is 1.65 bits per heavy atom. The Balaban J connectivity index is 2.15. The quantitative estimate of drug-likeness (QED) is 0.792. The monoisotopic (exact) mass is 235 g/mol. The molecule has 5 heteroatoms. The van der Waals surface area contributed by atoms with E-state index in [-0.39, 0.29) is 5.91 Å². The molecule has 92 valence electrons. The first-order valence-corrected chi connectivity index (χ1v) is 5.67. The number of β-amino-alcohol motifs (C(OH)–C–C–N with tert-alkyl or cyclic N) is 1. The summed E-state index contributed by atoms with van der Waals surface area (Å²) in [6.07, 6.45) is 2.22. The van der Waals surface area contributed by atoms with E-state index >= 15 is 0 Å². The summed E-state index contributed by atoms with van der Waals surface area (Å²) in [5.74, 6) is -0.125. The minimum atomic E-state index is -0.768. The van der Waals surface area contributed by atoms with Gasteiger partial charge in [0.25, 0.3) is 5.91 Å². The lowest BCUT2D eigenvalue weighted by atomic mass is 10.1. The van der Waals surface area contributed by atoms with Gasteiger partial charge in [0.1, 0.15) is 5.69 Å². The number of nitrogens with zero attached hydrogens (tertiary/aromatic N) is 2. The molecule has 1 fully saturated rings. The topological polar surface area (TPSA) is 65.5 Å². The molecule has 0 saturated carbocycles. The van der Waals surface area contributed by atoms with E-state index in [0.717, 1.165) is 5.69 Å². The molecule has 2 heterocycles. The SMILES string of the molecule is CNc1ccnc(C(=O)N2CCC(C)(O)C2)c1. The van der Waals surface area contributed by atoms with Crippen molar-refractivity contribution in [3.05, 3.63) is 24.0 Å². The Morgan fingerprint density at radius 2 is 2.41 bits per heavy atom. The number of amides is 1. The Hall–Kier alpha value is -1.62. The molecule has 1 atom stereocenters. The largest absolute Gasteiger partial charge is 0.388 e. The Kier molecular flexibility index (Phi) is 3.02. The van der Waals surface area contributed by atoms with Crippen LogP contribution in [0.5, 0.6) is 0 Å². The summed E-state index contributed by atoms with van der Waals surface area (Å²) in [5.41, 5.74) is 0.500. The summed E-state index contributed by atoms with van der Waals surface area (Å²) in [6, 6.07) is 3.52. The van der Waals surface area contributed by atoms with Crippen LogP contribution >= 0.6 is 0 Å². The predicted molar refractivity (Wildman–Crippen MR) is 64.9 cm³/mol. The van der Waals surface area contributed by atoms with Crippen molar-refractivity contribution in [3.63, 3.8) is 0 Å². The molecule has 1 aliphatic heterocycles. The Labute approximate surface area is 100 Å². The van der Waals surface area contributed by atoms with Crippen LogP contribution < -0.4 is 5.32 Å². The maximum absolute atomic E-state index is 12.1. The number of hydrogen-bond donors (Lipinski definition) is 2. The van der Waals surface area contributed by atoms with E-state index in [1.54, 1.807) is 37.2 Å². The van der Waals surface area contributed by atoms with Gasteiger partial charge in [-0.15, -0.1) is 0 Å². The lowest BCUT2D eigenvalue weighted by Gasteiger charge is -2.18. The summed E-state index contributed by atoms with van der Waals surface area (Å²) in [4.78, 5) is 17.8. The molecule has 1 saturated heterocycles. The van der Waals surface area contributed by atoms with Crippen molar-refractivity contribution in [1.29, 1.82) is 0 Å². The van der Waals surface area contributed by atoms with Gasteiger partial charge in [0.15, 0.2) is 0 Å². The highest BCUT2D eigenvalue weighted by Crippen LogP contribution is 2.22. The van der Waals surface area contributed by atoms with Gasteiger partial charge in [0, 0.05) is 32.0 Å². The van der Waals surface area contributed by atoms with Crippen molar-refractivity contribution < 1.29 is 9.90 Å². The molecule has 5 nitrogen and oxygen atoms in total. The summed E-state index contributed by atoms with van der Waals surface area (Å²) in [7, 11) is 1.80. The van der Waals surface area contributed by atoms with E-state index < -0.39 is 5.60 Å². The average molecular weight is 235 g/mol. The first kappa shape index (κ1) is 11.9. The van der Waals surface area contributed by atoms with Gasteiger partial charge in [-0.25, -0.2) is 0 Å². The highest BCUT2D eigenvalue weighted by molar-refractivity contribution is 5.93. The van der Waals surface area contributed by atoms with Crippen LogP contribution in [-0.2, 0) is 0 Å². The number of pyridine rings is 1. The average Bonchev–Trinajstić information content (AvgIpc) is 2.69. The normalized spacial score (nSPS) is 23.8. The van der Waals surface area contributed by atoms with E-state index in [1.165, 1.54) is 0 Å². The van der Waals surface area contributed by atoms with Crippen molar-refractivity contribution >= 4 is 11.6 Å². The number of carbonyl (C=O) groups excluding carboxylic acids is 1. The van der Waals surface area contributed by atoms with Gasteiger partial charge in [-0.2, -0.15) is 0 Å². The molecule has 1 amide bonds. The molecular weight excluding hydrogens is 218 g/mol. The van der Waals surface area contributed by atoms with Crippen LogP contribution in [0.4, 0.5) is 5.69 Å². The fourth-order valence-electron chi connectivity index (χ4n) is 1.98. The summed E-state index contributed by atoms with van der Waals surface area (Å²) >= 11 is 0. The number of aliphatic hydroxyl groups is 1. The van der Waals surface area contributed by atoms with Crippen LogP contribution in [0.1, 0.15) is 23.8 Å². The number of rotatable bonds is 2. The van der Waals surface area contributed by atoms with E-state index in [9.17, 15) is 9.90 Å².